The number of ether oxygens (including phenoxy) is 2. The van der Waals surface area contributed by atoms with E-state index in [4.69, 9.17) is 14.5 Å². The van der Waals surface area contributed by atoms with E-state index < -0.39 is 0 Å². The zero-order valence-electron chi connectivity index (χ0n) is 11.8. The van der Waals surface area contributed by atoms with Crippen molar-refractivity contribution < 1.29 is 9.47 Å². The fourth-order valence-electron chi connectivity index (χ4n) is 2.20. The average Bonchev–Trinajstić information content (AvgIpc) is 3.10. The Labute approximate surface area is 123 Å². The van der Waals surface area contributed by atoms with E-state index in [2.05, 4.69) is 19.2 Å². The predicted octanol–water partition coefficient (Wildman–Crippen LogP) is 3.27. The third kappa shape index (κ3) is 3.16. The van der Waals surface area contributed by atoms with Crippen LogP contribution in [-0.2, 0) is 9.47 Å². The second-order valence-corrected chi connectivity index (χ2v) is 6.39. The van der Waals surface area contributed by atoms with Gasteiger partial charge in [-0.05, 0) is 18.1 Å². The van der Waals surface area contributed by atoms with Gasteiger partial charge in [0.1, 0.15) is 0 Å². The summed E-state index contributed by atoms with van der Waals surface area (Å²) >= 11 is 1.79. The molecule has 4 nitrogen and oxygen atoms in total. The van der Waals surface area contributed by atoms with Crippen LogP contribution < -0.4 is 5.32 Å². The lowest BCUT2D eigenvalue weighted by atomic mass is 10.1. The number of nitrogens with zero attached hydrogens (tertiary/aromatic N) is 1. The van der Waals surface area contributed by atoms with Gasteiger partial charge in [0.15, 0.2) is 11.5 Å². The topological polar surface area (TPSA) is 42.8 Å². The minimum Gasteiger partial charge on any atom is -0.346 e. The zero-order chi connectivity index (χ0) is 13.9. The van der Waals surface area contributed by atoms with Crippen LogP contribution >= 0.6 is 11.8 Å². The summed E-state index contributed by atoms with van der Waals surface area (Å²) in [5.41, 5.74) is 2.12. The third-order valence-corrected chi connectivity index (χ3v) is 4.49. The molecule has 108 valence electrons. The fraction of sp³-hybridized carbons (Fsp3) is 0.533. The second-order valence-electron chi connectivity index (χ2n) is 5.38. The molecule has 1 fully saturated rings. The molecule has 0 saturated carbocycles. The van der Waals surface area contributed by atoms with Gasteiger partial charge in [-0.3, -0.25) is 4.99 Å². The van der Waals surface area contributed by atoms with Crippen LogP contribution in [0.5, 0.6) is 0 Å². The van der Waals surface area contributed by atoms with Crippen molar-refractivity contribution in [3.05, 3.63) is 29.8 Å². The Bertz CT molecular complexity index is 481. The minimum absolute atomic E-state index is 0.201. The number of hydrogen-bond acceptors (Lipinski definition) is 5. The molecule has 1 aromatic rings. The Morgan fingerprint density at radius 1 is 1.20 bits per heavy atom. The molecule has 0 aliphatic carbocycles. The van der Waals surface area contributed by atoms with Gasteiger partial charge in [-0.25, -0.2) is 0 Å². The van der Waals surface area contributed by atoms with Gasteiger partial charge in [0, 0.05) is 17.0 Å². The van der Waals surface area contributed by atoms with Crippen LogP contribution in [0.1, 0.15) is 25.7 Å². The molecule has 5 heteroatoms. The SMILES string of the molecule is CC(C)C1CSC(Nc2ccc(C3OCCO3)cc2)=N1. The molecule has 0 spiro atoms. The van der Waals surface area contributed by atoms with E-state index >= 15 is 0 Å². The molecule has 0 aromatic heterocycles. The first-order valence-corrected chi connectivity index (χ1v) is 8.02. The maximum absolute atomic E-state index is 5.48. The second kappa shape index (κ2) is 6.16. The first-order valence-electron chi connectivity index (χ1n) is 7.03. The van der Waals surface area contributed by atoms with Crippen molar-refractivity contribution in [2.75, 3.05) is 24.3 Å². The summed E-state index contributed by atoms with van der Waals surface area (Å²) in [6.07, 6.45) is -0.201. The van der Waals surface area contributed by atoms with Crippen LogP contribution in [0.3, 0.4) is 0 Å². The molecule has 1 aromatic carbocycles. The molecule has 2 aliphatic rings. The van der Waals surface area contributed by atoms with E-state index in [9.17, 15) is 0 Å². The Morgan fingerprint density at radius 3 is 2.50 bits per heavy atom. The van der Waals surface area contributed by atoms with Gasteiger partial charge in [0.2, 0.25) is 0 Å². The summed E-state index contributed by atoms with van der Waals surface area (Å²) < 4.78 is 11.0. The zero-order valence-corrected chi connectivity index (χ0v) is 12.7. The average molecular weight is 292 g/mol. The van der Waals surface area contributed by atoms with Crippen molar-refractivity contribution in [2.45, 2.75) is 26.2 Å². The van der Waals surface area contributed by atoms with Gasteiger partial charge in [-0.15, -0.1) is 0 Å². The van der Waals surface area contributed by atoms with Gasteiger partial charge < -0.3 is 14.8 Å². The van der Waals surface area contributed by atoms with Crippen molar-refractivity contribution in [1.29, 1.82) is 0 Å². The van der Waals surface area contributed by atoms with Crippen LogP contribution in [0.2, 0.25) is 0 Å². The van der Waals surface area contributed by atoms with Crippen molar-refractivity contribution in [3.63, 3.8) is 0 Å². The van der Waals surface area contributed by atoms with Gasteiger partial charge in [0.25, 0.3) is 0 Å². The molecular formula is C15H20N2O2S. The monoisotopic (exact) mass is 292 g/mol. The van der Waals surface area contributed by atoms with E-state index in [0.29, 0.717) is 25.2 Å². The number of thioether (sulfide) groups is 1. The highest BCUT2D eigenvalue weighted by molar-refractivity contribution is 8.14. The van der Waals surface area contributed by atoms with Crippen molar-refractivity contribution in [1.82, 2.24) is 0 Å². The fourth-order valence-corrected chi connectivity index (χ4v) is 3.39. The van der Waals surface area contributed by atoms with Crippen LogP contribution in [-0.4, -0.2) is 30.2 Å². The molecule has 3 rings (SSSR count). The van der Waals surface area contributed by atoms with E-state index in [1.54, 1.807) is 11.8 Å². The summed E-state index contributed by atoms with van der Waals surface area (Å²) in [7, 11) is 0. The standard InChI is InChI=1S/C15H20N2O2S/c1-10(2)13-9-20-15(17-13)16-12-5-3-11(4-6-12)14-18-7-8-19-14/h3-6,10,13-14H,7-9H2,1-2H3,(H,16,17). The quantitative estimate of drug-likeness (QED) is 0.928. The van der Waals surface area contributed by atoms with Gasteiger partial charge in [-0.2, -0.15) is 0 Å². The Balaban J connectivity index is 1.62. The van der Waals surface area contributed by atoms with Crippen LogP contribution in [0.4, 0.5) is 5.69 Å². The summed E-state index contributed by atoms with van der Waals surface area (Å²) in [5.74, 6) is 1.67. The highest BCUT2D eigenvalue weighted by Crippen LogP contribution is 2.27. The van der Waals surface area contributed by atoms with Gasteiger partial charge >= 0.3 is 0 Å². The van der Waals surface area contributed by atoms with Crippen molar-refractivity contribution in [2.24, 2.45) is 10.9 Å². The largest absolute Gasteiger partial charge is 0.346 e. The predicted molar refractivity (Wildman–Crippen MR) is 83.2 cm³/mol. The Hall–Kier alpha value is -1.04. The lowest BCUT2D eigenvalue weighted by Crippen LogP contribution is -2.12. The molecule has 2 heterocycles. The molecule has 1 atom stereocenters. The number of anilines is 1. The highest BCUT2D eigenvalue weighted by Gasteiger charge is 2.21. The van der Waals surface area contributed by atoms with Crippen molar-refractivity contribution >= 4 is 22.6 Å². The van der Waals surface area contributed by atoms with Crippen LogP contribution in [0.15, 0.2) is 29.3 Å². The molecule has 1 N–H and O–H groups in total. The molecule has 1 saturated heterocycles. The first kappa shape index (κ1) is 13.9. The Kier molecular flexibility index (Phi) is 4.29. The van der Waals surface area contributed by atoms with Crippen LogP contribution in [0, 0.1) is 5.92 Å². The number of benzene rings is 1. The number of amidine groups is 1. The Morgan fingerprint density at radius 2 is 1.90 bits per heavy atom. The van der Waals surface area contributed by atoms with Gasteiger partial charge in [0.05, 0.1) is 19.3 Å². The first-order chi connectivity index (χ1) is 9.72. The lowest BCUT2D eigenvalue weighted by Gasteiger charge is -2.11. The number of hydrogen-bond donors (Lipinski definition) is 1. The van der Waals surface area contributed by atoms with E-state index in [1.807, 2.05) is 24.3 Å². The molecule has 0 amide bonds. The maximum atomic E-state index is 5.48. The molecule has 0 bridgehead atoms. The van der Waals surface area contributed by atoms with Gasteiger partial charge in [-0.1, -0.05) is 37.7 Å². The molecule has 0 radical (unpaired) electrons. The molecule has 2 aliphatic heterocycles. The number of aliphatic imine (C=N–C) groups is 1. The molecular weight excluding hydrogens is 272 g/mol. The minimum atomic E-state index is -0.201. The van der Waals surface area contributed by atoms with Crippen molar-refractivity contribution in [3.8, 4) is 0 Å². The summed E-state index contributed by atoms with van der Waals surface area (Å²) in [4.78, 5) is 4.70. The molecule has 20 heavy (non-hydrogen) atoms. The van der Waals surface area contributed by atoms with E-state index in [1.165, 1.54) is 0 Å². The van der Waals surface area contributed by atoms with Crippen LogP contribution in [0.25, 0.3) is 0 Å². The highest BCUT2D eigenvalue weighted by atomic mass is 32.2. The normalized spacial score (nSPS) is 23.4. The maximum Gasteiger partial charge on any atom is 0.184 e. The summed E-state index contributed by atoms with van der Waals surface area (Å²) in [6, 6.07) is 8.61. The summed E-state index contributed by atoms with van der Waals surface area (Å²) in [6.45, 7) is 5.78. The smallest absolute Gasteiger partial charge is 0.184 e. The summed E-state index contributed by atoms with van der Waals surface area (Å²) in [5, 5.41) is 4.39. The third-order valence-electron chi connectivity index (χ3n) is 3.50. The van der Waals surface area contributed by atoms with E-state index in [0.717, 1.165) is 22.2 Å². The lowest BCUT2D eigenvalue weighted by molar-refractivity contribution is -0.0441. The van der Waals surface area contributed by atoms with E-state index in [-0.39, 0.29) is 6.29 Å². The number of rotatable bonds is 3. The molecule has 1 unspecified atom stereocenters. The number of nitrogens with one attached hydrogen (secondary N) is 1.